The number of anilines is 1. The smallest absolute Gasteiger partial charge is 0.251 e. The number of nitrogens with zero attached hydrogens (tertiary/aromatic N) is 2. The molecule has 0 spiro atoms. The number of carbonyl (C=O) groups excluding carboxylic acids is 1. The van der Waals surface area contributed by atoms with Crippen LogP contribution in [0.15, 0.2) is 47.5 Å². The fraction of sp³-hybridized carbons (Fsp3) is 0.387. The highest BCUT2D eigenvalue weighted by molar-refractivity contribution is 5.99. The lowest BCUT2D eigenvalue weighted by atomic mass is 9.87. The molecule has 8 nitrogen and oxygen atoms in total. The van der Waals surface area contributed by atoms with E-state index in [0.29, 0.717) is 29.8 Å². The minimum atomic E-state index is -1.66. The van der Waals surface area contributed by atoms with E-state index in [0.717, 1.165) is 12.8 Å². The Morgan fingerprint density at radius 2 is 1.83 bits per heavy atom. The molecule has 216 valence electrons. The number of carbonyl (C=O) groups is 1. The molecule has 2 saturated carbocycles. The Morgan fingerprint density at radius 1 is 1.15 bits per heavy atom. The maximum absolute atomic E-state index is 15.6. The van der Waals surface area contributed by atoms with Gasteiger partial charge in [0.05, 0.1) is 36.7 Å². The number of nitrogens with one attached hydrogen (secondary N) is 1. The molecule has 2 aliphatic rings. The van der Waals surface area contributed by atoms with Gasteiger partial charge in [-0.15, -0.1) is 0 Å². The standard InChI is InChI=1S/C31H34F2N4O4/c1-30(2,39)23-14-25(37-28(26(23)33)17-4-8-21(32)9-5-17)31(40,20-6-7-20)16-36-29(38)18-12-19(15-35-22-10-11-22)27(34)24(13-18)41-3/h4-5,8-9,12-15,20,22,39-40H,6-7,10-11,16,34H2,1-3H3,(H,36,38)/t31-/m1/s1. The zero-order valence-corrected chi connectivity index (χ0v) is 23.2. The molecular formula is C31H34F2N4O4. The summed E-state index contributed by atoms with van der Waals surface area (Å²) >= 11 is 0. The van der Waals surface area contributed by atoms with Crippen molar-refractivity contribution < 1.29 is 28.5 Å². The number of aromatic nitrogens is 1. The summed E-state index contributed by atoms with van der Waals surface area (Å²) in [5.41, 5.74) is 4.30. The van der Waals surface area contributed by atoms with Crippen LogP contribution in [0.25, 0.3) is 11.3 Å². The number of methoxy groups -OCH3 is 1. The first kappa shape index (κ1) is 28.6. The van der Waals surface area contributed by atoms with Crippen LogP contribution in [0, 0.1) is 17.6 Å². The molecule has 1 amide bonds. The summed E-state index contributed by atoms with van der Waals surface area (Å²) in [4.78, 5) is 22.3. The van der Waals surface area contributed by atoms with E-state index >= 15 is 4.39 Å². The van der Waals surface area contributed by atoms with Gasteiger partial charge in [-0.25, -0.2) is 13.8 Å². The highest BCUT2D eigenvalue weighted by Gasteiger charge is 2.47. The van der Waals surface area contributed by atoms with Crippen LogP contribution in [0.5, 0.6) is 5.75 Å². The van der Waals surface area contributed by atoms with Gasteiger partial charge in [-0.2, -0.15) is 0 Å². The maximum atomic E-state index is 15.6. The average Bonchev–Trinajstić information content (AvgIpc) is 3.85. The van der Waals surface area contributed by atoms with E-state index in [2.05, 4.69) is 15.3 Å². The van der Waals surface area contributed by atoms with Crippen molar-refractivity contribution in [3.63, 3.8) is 0 Å². The van der Waals surface area contributed by atoms with Crippen LogP contribution in [-0.4, -0.2) is 47.0 Å². The molecule has 0 radical (unpaired) electrons. The zero-order valence-electron chi connectivity index (χ0n) is 23.2. The number of halogens is 2. The van der Waals surface area contributed by atoms with Crippen LogP contribution in [-0.2, 0) is 11.2 Å². The SMILES string of the molecule is COc1cc(C(=O)NC[C@](O)(c2cc(C(C)(C)O)c(F)c(-c3ccc(F)cc3)n2)C2CC2)cc(C=NC2CC2)c1N. The van der Waals surface area contributed by atoms with Crippen LogP contribution in [0.1, 0.15) is 66.7 Å². The van der Waals surface area contributed by atoms with Crippen LogP contribution in [0.4, 0.5) is 14.5 Å². The van der Waals surface area contributed by atoms with Gasteiger partial charge in [-0.05, 0) is 87.9 Å². The summed E-state index contributed by atoms with van der Waals surface area (Å²) in [5.74, 6) is -1.67. The van der Waals surface area contributed by atoms with Gasteiger partial charge >= 0.3 is 0 Å². The molecule has 1 aromatic heterocycles. The first-order valence-corrected chi connectivity index (χ1v) is 13.6. The zero-order chi connectivity index (χ0) is 29.5. The Balaban J connectivity index is 1.49. The van der Waals surface area contributed by atoms with Crippen molar-refractivity contribution in [3.8, 4) is 17.0 Å². The Kier molecular flexibility index (Phi) is 7.56. The second-order valence-corrected chi connectivity index (χ2v) is 11.4. The number of benzene rings is 2. The van der Waals surface area contributed by atoms with E-state index in [1.165, 1.54) is 57.4 Å². The lowest BCUT2D eigenvalue weighted by Crippen LogP contribution is -2.43. The van der Waals surface area contributed by atoms with Crippen molar-refractivity contribution in [3.05, 3.63) is 76.5 Å². The first-order chi connectivity index (χ1) is 19.4. The minimum absolute atomic E-state index is 0.0740. The number of aliphatic imine (C=N–C) groups is 1. The van der Waals surface area contributed by atoms with Gasteiger partial charge in [-0.3, -0.25) is 9.79 Å². The summed E-state index contributed by atoms with van der Waals surface area (Å²) in [5, 5.41) is 25.5. The van der Waals surface area contributed by atoms with Gasteiger partial charge in [-0.1, -0.05) is 0 Å². The van der Waals surface area contributed by atoms with Crippen molar-refractivity contribution in [2.75, 3.05) is 19.4 Å². The Hall–Kier alpha value is -3.89. The molecule has 10 heteroatoms. The van der Waals surface area contributed by atoms with Crippen molar-refractivity contribution in [2.45, 2.75) is 56.8 Å². The fourth-order valence-corrected chi connectivity index (χ4v) is 4.78. The quantitative estimate of drug-likeness (QED) is 0.213. The van der Waals surface area contributed by atoms with E-state index in [9.17, 15) is 19.4 Å². The molecule has 2 fully saturated rings. The number of hydrogen-bond donors (Lipinski definition) is 4. The predicted octanol–water partition coefficient (Wildman–Crippen LogP) is 4.45. The molecule has 0 bridgehead atoms. The summed E-state index contributed by atoms with van der Waals surface area (Å²) in [6, 6.07) is 9.88. The van der Waals surface area contributed by atoms with Crippen LogP contribution in [0.2, 0.25) is 0 Å². The molecular weight excluding hydrogens is 530 g/mol. The third-order valence-electron chi connectivity index (χ3n) is 7.58. The third kappa shape index (κ3) is 6.08. The molecule has 1 atom stereocenters. The Morgan fingerprint density at radius 3 is 2.41 bits per heavy atom. The summed E-state index contributed by atoms with van der Waals surface area (Å²) in [7, 11) is 1.46. The van der Waals surface area contributed by atoms with Gasteiger partial charge in [0.25, 0.3) is 5.91 Å². The summed E-state index contributed by atoms with van der Waals surface area (Å²) < 4.78 is 34.6. The predicted molar refractivity (Wildman–Crippen MR) is 152 cm³/mol. The van der Waals surface area contributed by atoms with E-state index in [1.807, 2.05) is 0 Å². The summed E-state index contributed by atoms with van der Waals surface area (Å²) in [6.07, 6.45) is 5.02. The molecule has 1 heterocycles. The van der Waals surface area contributed by atoms with Crippen molar-refractivity contribution >= 4 is 17.8 Å². The van der Waals surface area contributed by atoms with Crippen LogP contribution >= 0.6 is 0 Å². The monoisotopic (exact) mass is 564 g/mol. The van der Waals surface area contributed by atoms with Crippen molar-refractivity contribution in [1.82, 2.24) is 10.3 Å². The number of ether oxygens (including phenoxy) is 1. The highest BCUT2D eigenvalue weighted by Crippen LogP contribution is 2.46. The lowest BCUT2D eigenvalue weighted by molar-refractivity contribution is 0.00864. The summed E-state index contributed by atoms with van der Waals surface area (Å²) in [6.45, 7) is 2.64. The topological polar surface area (TPSA) is 130 Å². The maximum Gasteiger partial charge on any atom is 0.251 e. The van der Waals surface area contributed by atoms with Crippen LogP contribution < -0.4 is 15.8 Å². The van der Waals surface area contributed by atoms with E-state index in [4.69, 9.17) is 10.5 Å². The van der Waals surface area contributed by atoms with Crippen LogP contribution in [0.3, 0.4) is 0 Å². The van der Waals surface area contributed by atoms with Crippen molar-refractivity contribution in [2.24, 2.45) is 10.9 Å². The molecule has 3 aromatic rings. The minimum Gasteiger partial charge on any atom is -0.495 e. The molecule has 2 aliphatic carbocycles. The van der Waals surface area contributed by atoms with Gasteiger partial charge in [0.15, 0.2) is 5.82 Å². The van der Waals surface area contributed by atoms with Crippen molar-refractivity contribution in [1.29, 1.82) is 0 Å². The average molecular weight is 565 g/mol. The number of aliphatic hydroxyl groups is 2. The molecule has 0 unspecified atom stereocenters. The number of nitrogen functional groups attached to an aromatic ring is 1. The van der Waals surface area contributed by atoms with E-state index in [-0.39, 0.29) is 46.6 Å². The fourth-order valence-electron chi connectivity index (χ4n) is 4.78. The number of pyridine rings is 1. The molecule has 5 N–H and O–H groups in total. The number of amides is 1. The molecule has 41 heavy (non-hydrogen) atoms. The molecule has 0 saturated heterocycles. The highest BCUT2D eigenvalue weighted by atomic mass is 19.1. The largest absolute Gasteiger partial charge is 0.495 e. The Bertz CT molecular complexity index is 1500. The second kappa shape index (κ2) is 10.8. The molecule has 5 rings (SSSR count). The number of rotatable bonds is 10. The molecule has 0 aliphatic heterocycles. The van der Waals surface area contributed by atoms with Gasteiger partial charge in [0.2, 0.25) is 0 Å². The van der Waals surface area contributed by atoms with E-state index < -0.39 is 28.7 Å². The first-order valence-electron chi connectivity index (χ1n) is 13.6. The van der Waals surface area contributed by atoms with Gasteiger partial charge < -0.3 is 26.0 Å². The number of nitrogens with two attached hydrogens (primary N) is 1. The van der Waals surface area contributed by atoms with Gasteiger partial charge in [0.1, 0.15) is 22.9 Å². The van der Waals surface area contributed by atoms with Gasteiger partial charge in [0, 0.05) is 28.5 Å². The Labute approximate surface area is 237 Å². The number of hydrogen-bond acceptors (Lipinski definition) is 7. The van der Waals surface area contributed by atoms with E-state index in [1.54, 1.807) is 12.3 Å². The lowest BCUT2D eigenvalue weighted by Gasteiger charge is -2.31. The normalized spacial score (nSPS) is 17.0. The molecule has 2 aromatic carbocycles. The second-order valence-electron chi connectivity index (χ2n) is 11.4. The third-order valence-corrected chi connectivity index (χ3v) is 7.58.